The molecule has 0 saturated carbocycles. The molecule has 0 fully saturated rings. The predicted octanol–water partition coefficient (Wildman–Crippen LogP) is 3.47. The van der Waals surface area contributed by atoms with Crippen molar-refractivity contribution in [3.05, 3.63) is 44.8 Å². The van der Waals surface area contributed by atoms with Crippen molar-refractivity contribution in [2.24, 2.45) is 0 Å². The van der Waals surface area contributed by atoms with Crippen LogP contribution in [-0.4, -0.2) is 17.4 Å². The first-order chi connectivity index (χ1) is 7.81. The highest BCUT2D eigenvalue weighted by molar-refractivity contribution is 7.12. The number of hydrogen-bond acceptors (Lipinski definition) is 3. The molecule has 0 unspecified atom stereocenters. The lowest BCUT2D eigenvalue weighted by atomic mass is 10.3. The van der Waals surface area contributed by atoms with Gasteiger partial charge in [0.2, 0.25) is 0 Å². The number of hydrogen-bond donors (Lipinski definition) is 0. The second kappa shape index (κ2) is 5.27. The highest BCUT2D eigenvalue weighted by Gasteiger charge is 2.15. The van der Waals surface area contributed by atoms with E-state index < -0.39 is 0 Å². The molecule has 0 radical (unpaired) electrons. The molecule has 16 heavy (non-hydrogen) atoms. The van der Waals surface area contributed by atoms with Gasteiger partial charge < -0.3 is 4.90 Å². The van der Waals surface area contributed by atoms with E-state index in [1.807, 2.05) is 40.8 Å². The average Bonchev–Trinajstić information content (AvgIpc) is 2.97. The summed E-state index contributed by atoms with van der Waals surface area (Å²) in [6, 6.07) is 7.87. The van der Waals surface area contributed by atoms with Gasteiger partial charge in [-0.2, -0.15) is 0 Å². The normalized spacial score (nSPS) is 10.3. The summed E-state index contributed by atoms with van der Waals surface area (Å²) >= 11 is 3.19. The minimum atomic E-state index is 0.130. The van der Waals surface area contributed by atoms with Crippen molar-refractivity contribution < 1.29 is 4.79 Å². The third-order valence-electron chi connectivity index (χ3n) is 2.33. The van der Waals surface area contributed by atoms with Gasteiger partial charge in [0.25, 0.3) is 5.91 Å². The first-order valence-electron chi connectivity index (χ1n) is 5.16. The SMILES string of the molecule is CCN(Cc1cccs1)C(=O)c1cccs1. The van der Waals surface area contributed by atoms with Crippen molar-refractivity contribution in [2.75, 3.05) is 6.54 Å². The maximum Gasteiger partial charge on any atom is 0.264 e. The summed E-state index contributed by atoms with van der Waals surface area (Å²) in [5, 5.41) is 3.98. The van der Waals surface area contributed by atoms with E-state index in [0.717, 1.165) is 11.4 Å². The monoisotopic (exact) mass is 251 g/mol. The molecule has 0 aliphatic carbocycles. The Morgan fingerprint density at radius 2 is 2.00 bits per heavy atom. The molecule has 2 aromatic heterocycles. The van der Waals surface area contributed by atoms with Gasteiger partial charge in [-0.1, -0.05) is 12.1 Å². The third kappa shape index (κ3) is 2.51. The standard InChI is InChI=1S/C12H13NOS2/c1-2-13(9-10-5-3-7-15-10)12(14)11-6-4-8-16-11/h3-8H,2,9H2,1H3. The van der Waals surface area contributed by atoms with Crippen LogP contribution in [0.25, 0.3) is 0 Å². The molecule has 4 heteroatoms. The Balaban J connectivity index is 2.08. The van der Waals surface area contributed by atoms with E-state index in [1.165, 1.54) is 16.2 Å². The molecule has 0 aliphatic heterocycles. The summed E-state index contributed by atoms with van der Waals surface area (Å²) in [5.74, 6) is 0.130. The summed E-state index contributed by atoms with van der Waals surface area (Å²) < 4.78 is 0. The van der Waals surface area contributed by atoms with E-state index >= 15 is 0 Å². The summed E-state index contributed by atoms with van der Waals surface area (Å²) in [7, 11) is 0. The Bertz CT molecular complexity index is 434. The van der Waals surface area contributed by atoms with Crippen LogP contribution in [0.5, 0.6) is 0 Å². The van der Waals surface area contributed by atoms with Gasteiger partial charge in [0.15, 0.2) is 0 Å². The van der Waals surface area contributed by atoms with E-state index in [0.29, 0.717) is 6.54 Å². The zero-order valence-electron chi connectivity index (χ0n) is 9.05. The Hall–Kier alpha value is -1.13. The molecule has 0 atom stereocenters. The van der Waals surface area contributed by atoms with Crippen LogP contribution in [0.4, 0.5) is 0 Å². The van der Waals surface area contributed by atoms with Crippen LogP contribution >= 0.6 is 22.7 Å². The van der Waals surface area contributed by atoms with E-state index in [4.69, 9.17) is 0 Å². The van der Waals surface area contributed by atoms with E-state index in [-0.39, 0.29) is 5.91 Å². The molecular formula is C12H13NOS2. The van der Waals surface area contributed by atoms with Gasteiger partial charge >= 0.3 is 0 Å². The highest BCUT2D eigenvalue weighted by atomic mass is 32.1. The fourth-order valence-corrected chi connectivity index (χ4v) is 2.88. The van der Waals surface area contributed by atoms with Crippen molar-refractivity contribution in [2.45, 2.75) is 13.5 Å². The van der Waals surface area contributed by atoms with E-state index in [1.54, 1.807) is 11.3 Å². The van der Waals surface area contributed by atoms with Gasteiger partial charge in [-0.15, -0.1) is 22.7 Å². The summed E-state index contributed by atoms with van der Waals surface area (Å²) in [6.45, 7) is 3.47. The van der Waals surface area contributed by atoms with Crippen LogP contribution in [0.1, 0.15) is 21.5 Å². The minimum absolute atomic E-state index is 0.130. The van der Waals surface area contributed by atoms with Crippen LogP contribution in [-0.2, 0) is 6.54 Å². The van der Waals surface area contributed by atoms with Gasteiger partial charge in [-0.25, -0.2) is 0 Å². The molecule has 2 nitrogen and oxygen atoms in total. The quantitative estimate of drug-likeness (QED) is 0.814. The number of nitrogens with zero attached hydrogens (tertiary/aromatic N) is 1. The number of carbonyl (C=O) groups is 1. The van der Waals surface area contributed by atoms with Crippen molar-refractivity contribution in [1.82, 2.24) is 4.90 Å². The van der Waals surface area contributed by atoms with E-state index in [2.05, 4.69) is 6.07 Å². The Morgan fingerprint density at radius 1 is 1.25 bits per heavy atom. The molecule has 0 aliphatic rings. The molecule has 0 aromatic carbocycles. The predicted molar refractivity (Wildman–Crippen MR) is 69.1 cm³/mol. The molecule has 2 aromatic rings. The lowest BCUT2D eigenvalue weighted by molar-refractivity contribution is 0.0759. The first kappa shape index (κ1) is 11.4. The number of rotatable bonds is 4. The van der Waals surface area contributed by atoms with Gasteiger partial charge in [0.1, 0.15) is 0 Å². The molecule has 84 valence electrons. The van der Waals surface area contributed by atoms with Crippen LogP contribution in [0.2, 0.25) is 0 Å². The number of carbonyl (C=O) groups excluding carboxylic acids is 1. The Labute approximate surface area is 103 Å². The zero-order chi connectivity index (χ0) is 11.4. The maximum atomic E-state index is 12.1. The van der Waals surface area contributed by atoms with Gasteiger partial charge in [0.05, 0.1) is 11.4 Å². The van der Waals surface area contributed by atoms with Crippen molar-refractivity contribution in [3.8, 4) is 0 Å². The maximum absolute atomic E-state index is 12.1. The van der Waals surface area contributed by atoms with Crippen LogP contribution in [0, 0.1) is 0 Å². The summed E-state index contributed by atoms with van der Waals surface area (Å²) in [4.78, 5) is 16.0. The van der Waals surface area contributed by atoms with Crippen molar-refractivity contribution in [1.29, 1.82) is 0 Å². The van der Waals surface area contributed by atoms with Gasteiger partial charge in [0, 0.05) is 11.4 Å². The first-order valence-corrected chi connectivity index (χ1v) is 6.92. The number of amides is 1. The zero-order valence-corrected chi connectivity index (χ0v) is 10.7. The van der Waals surface area contributed by atoms with Crippen molar-refractivity contribution >= 4 is 28.6 Å². The molecule has 0 saturated heterocycles. The number of thiophene rings is 2. The molecule has 1 amide bonds. The lowest BCUT2D eigenvalue weighted by Crippen LogP contribution is -2.29. The smallest absolute Gasteiger partial charge is 0.264 e. The fourth-order valence-electron chi connectivity index (χ4n) is 1.47. The van der Waals surface area contributed by atoms with E-state index in [9.17, 15) is 4.79 Å². The lowest BCUT2D eigenvalue weighted by Gasteiger charge is -2.19. The second-order valence-electron chi connectivity index (χ2n) is 3.38. The van der Waals surface area contributed by atoms with Gasteiger partial charge in [-0.05, 0) is 29.8 Å². The Morgan fingerprint density at radius 3 is 2.56 bits per heavy atom. The molecule has 2 heterocycles. The molecule has 0 spiro atoms. The minimum Gasteiger partial charge on any atom is -0.333 e. The van der Waals surface area contributed by atoms with Crippen LogP contribution in [0.3, 0.4) is 0 Å². The largest absolute Gasteiger partial charge is 0.333 e. The molecule has 2 rings (SSSR count). The molecular weight excluding hydrogens is 238 g/mol. The van der Waals surface area contributed by atoms with Crippen molar-refractivity contribution in [3.63, 3.8) is 0 Å². The Kier molecular flexibility index (Phi) is 3.74. The van der Waals surface area contributed by atoms with Crippen LogP contribution in [0.15, 0.2) is 35.0 Å². The molecule has 0 N–H and O–H groups in total. The third-order valence-corrected chi connectivity index (χ3v) is 4.05. The molecule has 0 bridgehead atoms. The van der Waals surface area contributed by atoms with Gasteiger partial charge in [-0.3, -0.25) is 4.79 Å². The average molecular weight is 251 g/mol. The summed E-state index contributed by atoms with van der Waals surface area (Å²) in [6.07, 6.45) is 0. The fraction of sp³-hybridized carbons (Fsp3) is 0.250. The second-order valence-corrected chi connectivity index (χ2v) is 5.36. The van der Waals surface area contributed by atoms with Crippen LogP contribution < -0.4 is 0 Å². The topological polar surface area (TPSA) is 20.3 Å². The summed E-state index contributed by atoms with van der Waals surface area (Å²) in [5.41, 5.74) is 0. The highest BCUT2D eigenvalue weighted by Crippen LogP contribution is 2.16.